The Morgan fingerprint density at radius 3 is 2.63 bits per heavy atom. The third-order valence-electron chi connectivity index (χ3n) is 4.70. The van der Waals surface area contributed by atoms with Crippen LogP contribution >= 0.6 is 0 Å². The van der Waals surface area contributed by atoms with E-state index < -0.39 is 15.8 Å². The number of anilines is 2. The highest BCUT2D eigenvalue weighted by Crippen LogP contribution is 2.24. The quantitative estimate of drug-likeness (QED) is 0.775. The number of piperazine rings is 1. The van der Waals surface area contributed by atoms with Crippen LogP contribution in [0, 0.1) is 5.82 Å². The number of para-hydroxylation sites is 1. The summed E-state index contributed by atoms with van der Waals surface area (Å²) in [6.07, 6.45) is 1.71. The van der Waals surface area contributed by atoms with Crippen LogP contribution in [0.1, 0.15) is 12.5 Å². The van der Waals surface area contributed by atoms with Crippen LogP contribution in [0.4, 0.5) is 15.9 Å². The number of hydrogen-bond donors (Lipinski definition) is 2. The van der Waals surface area contributed by atoms with E-state index in [-0.39, 0.29) is 17.1 Å². The standard InChI is InChI=1S/C18H24FN5O2S/c1-2-23-8-10-24(11-9-23)17-12-14(6-7-21-17)13-22-18-15(19)4-3-5-16(18)27(20,25)26/h3-7,12,22H,2,8-11,13H2,1H3,(H2,20,25,26). The molecule has 0 atom stereocenters. The smallest absolute Gasteiger partial charge is 0.240 e. The van der Waals surface area contributed by atoms with Crippen molar-refractivity contribution in [2.45, 2.75) is 18.4 Å². The van der Waals surface area contributed by atoms with Gasteiger partial charge in [0.15, 0.2) is 0 Å². The monoisotopic (exact) mass is 393 g/mol. The second kappa shape index (κ2) is 8.20. The van der Waals surface area contributed by atoms with Gasteiger partial charge in [-0.15, -0.1) is 0 Å². The van der Waals surface area contributed by atoms with Crippen LogP contribution in [0.3, 0.4) is 0 Å². The largest absolute Gasteiger partial charge is 0.377 e. The van der Waals surface area contributed by atoms with E-state index in [2.05, 4.69) is 27.0 Å². The van der Waals surface area contributed by atoms with Crippen LogP contribution in [-0.2, 0) is 16.6 Å². The molecular weight excluding hydrogens is 369 g/mol. The normalized spacial score (nSPS) is 15.7. The summed E-state index contributed by atoms with van der Waals surface area (Å²) in [4.78, 5) is 8.78. The van der Waals surface area contributed by atoms with E-state index in [9.17, 15) is 12.8 Å². The van der Waals surface area contributed by atoms with Crippen LogP contribution in [0.25, 0.3) is 0 Å². The van der Waals surface area contributed by atoms with Crippen molar-refractivity contribution in [2.75, 3.05) is 42.9 Å². The zero-order valence-corrected chi connectivity index (χ0v) is 16.0. The number of nitrogens with zero attached hydrogens (tertiary/aromatic N) is 3. The lowest BCUT2D eigenvalue weighted by atomic mass is 10.2. The Balaban J connectivity index is 1.73. The predicted octanol–water partition coefficient (Wildman–Crippen LogP) is 1.62. The van der Waals surface area contributed by atoms with Crippen LogP contribution in [0.15, 0.2) is 41.4 Å². The van der Waals surface area contributed by atoms with Crippen molar-refractivity contribution < 1.29 is 12.8 Å². The van der Waals surface area contributed by atoms with Crippen molar-refractivity contribution in [1.29, 1.82) is 0 Å². The zero-order chi connectivity index (χ0) is 19.4. The molecule has 0 unspecified atom stereocenters. The van der Waals surface area contributed by atoms with Gasteiger partial charge in [0.2, 0.25) is 10.0 Å². The van der Waals surface area contributed by atoms with Crippen molar-refractivity contribution in [1.82, 2.24) is 9.88 Å². The molecule has 0 amide bonds. The highest BCUT2D eigenvalue weighted by molar-refractivity contribution is 7.89. The molecule has 0 saturated carbocycles. The van der Waals surface area contributed by atoms with E-state index in [1.807, 2.05) is 12.1 Å². The number of rotatable bonds is 6. The lowest BCUT2D eigenvalue weighted by molar-refractivity contribution is 0.270. The molecule has 146 valence electrons. The van der Waals surface area contributed by atoms with Crippen LogP contribution < -0.4 is 15.4 Å². The molecule has 1 aliphatic rings. The maximum absolute atomic E-state index is 14.1. The van der Waals surface area contributed by atoms with Gasteiger partial charge in [0, 0.05) is 38.9 Å². The number of halogens is 1. The van der Waals surface area contributed by atoms with Crippen molar-refractivity contribution in [3.8, 4) is 0 Å². The minimum Gasteiger partial charge on any atom is -0.377 e. The molecule has 3 rings (SSSR count). The summed E-state index contributed by atoms with van der Waals surface area (Å²) >= 11 is 0. The van der Waals surface area contributed by atoms with Gasteiger partial charge in [-0.1, -0.05) is 13.0 Å². The van der Waals surface area contributed by atoms with Gasteiger partial charge in [0.25, 0.3) is 0 Å². The molecule has 7 nitrogen and oxygen atoms in total. The van der Waals surface area contributed by atoms with Gasteiger partial charge in [-0.3, -0.25) is 0 Å². The van der Waals surface area contributed by atoms with Gasteiger partial charge in [-0.25, -0.2) is 22.9 Å². The molecule has 0 spiro atoms. The Labute approximate surface area is 159 Å². The fourth-order valence-electron chi connectivity index (χ4n) is 3.14. The highest BCUT2D eigenvalue weighted by Gasteiger charge is 2.19. The summed E-state index contributed by atoms with van der Waals surface area (Å²) in [6, 6.07) is 7.55. The molecule has 1 saturated heterocycles. The molecule has 0 aliphatic carbocycles. The molecule has 2 aromatic rings. The molecule has 1 aliphatic heterocycles. The molecule has 9 heteroatoms. The molecule has 1 fully saturated rings. The topological polar surface area (TPSA) is 91.6 Å². The van der Waals surface area contributed by atoms with Gasteiger partial charge >= 0.3 is 0 Å². The number of hydrogen-bond acceptors (Lipinski definition) is 6. The Morgan fingerprint density at radius 1 is 1.22 bits per heavy atom. The summed E-state index contributed by atoms with van der Waals surface area (Å²) in [5.74, 6) is 0.205. The number of primary sulfonamides is 1. The van der Waals surface area contributed by atoms with E-state index in [1.54, 1.807) is 6.20 Å². The lowest BCUT2D eigenvalue weighted by Crippen LogP contribution is -2.46. The number of nitrogens with two attached hydrogens (primary N) is 1. The minimum atomic E-state index is -4.02. The van der Waals surface area contributed by atoms with E-state index >= 15 is 0 Å². The molecule has 1 aromatic heterocycles. The second-order valence-electron chi connectivity index (χ2n) is 6.46. The molecule has 1 aromatic carbocycles. The average Bonchev–Trinajstić information content (AvgIpc) is 2.66. The Hall–Kier alpha value is -2.23. The van der Waals surface area contributed by atoms with E-state index in [1.165, 1.54) is 18.2 Å². The van der Waals surface area contributed by atoms with Crippen LogP contribution in [0.5, 0.6) is 0 Å². The van der Waals surface area contributed by atoms with Gasteiger partial charge in [0.05, 0.1) is 5.69 Å². The molecular formula is C18H24FN5O2S. The van der Waals surface area contributed by atoms with Crippen molar-refractivity contribution in [3.63, 3.8) is 0 Å². The maximum Gasteiger partial charge on any atom is 0.240 e. The lowest BCUT2D eigenvalue weighted by Gasteiger charge is -2.34. The molecule has 0 radical (unpaired) electrons. The third-order valence-corrected chi connectivity index (χ3v) is 5.66. The summed E-state index contributed by atoms with van der Waals surface area (Å²) < 4.78 is 37.5. The SMILES string of the molecule is CCN1CCN(c2cc(CNc3c(F)cccc3S(N)(=O)=O)ccn2)CC1. The Kier molecular flexibility index (Phi) is 5.93. The molecule has 0 bridgehead atoms. The van der Waals surface area contributed by atoms with Crippen LogP contribution in [0.2, 0.25) is 0 Å². The first-order valence-electron chi connectivity index (χ1n) is 8.86. The first kappa shape index (κ1) is 19.5. The average molecular weight is 393 g/mol. The molecule has 27 heavy (non-hydrogen) atoms. The van der Waals surface area contributed by atoms with Gasteiger partial charge in [-0.05, 0) is 36.4 Å². The number of aromatic nitrogens is 1. The Bertz CT molecular complexity index is 898. The minimum absolute atomic E-state index is 0.116. The maximum atomic E-state index is 14.1. The summed E-state index contributed by atoms with van der Waals surface area (Å²) in [7, 11) is -4.02. The van der Waals surface area contributed by atoms with Crippen LogP contribution in [-0.4, -0.2) is 51.0 Å². The fourth-order valence-corrected chi connectivity index (χ4v) is 3.86. The summed E-state index contributed by atoms with van der Waals surface area (Å²) in [5, 5.41) is 8.05. The zero-order valence-electron chi connectivity index (χ0n) is 15.2. The number of nitrogens with one attached hydrogen (secondary N) is 1. The predicted molar refractivity (Wildman–Crippen MR) is 104 cm³/mol. The van der Waals surface area contributed by atoms with Gasteiger partial charge in [0.1, 0.15) is 16.5 Å². The summed E-state index contributed by atoms with van der Waals surface area (Å²) in [5.41, 5.74) is 0.761. The van der Waals surface area contributed by atoms with Crippen molar-refractivity contribution >= 4 is 21.5 Å². The number of likely N-dealkylation sites (N-methyl/N-ethyl adjacent to an activating group) is 1. The van der Waals surface area contributed by atoms with E-state index in [0.29, 0.717) is 0 Å². The third kappa shape index (κ3) is 4.74. The first-order valence-corrected chi connectivity index (χ1v) is 10.4. The fraction of sp³-hybridized carbons (Fsp3) is 0.389. The van der Waals surface area contributed by atoms with E-state index in [4.69, 9.17) is 5.14 Å². The second-order valence-corrected chi connectivity index (χ2v) is 7.98. The van der Waals surface area contributed by atoms with E-state index in [0.717, 1.165) is 44.1 Å². The van der Waals surface area contributed by atoms with Crippen molar-refractivity contribution in [3.05, 3.63) is 47.9 Å². The number of benzene rings is 1. The van der Waals surface area contributed by atoms with Gasteiger partial charge < -0.3 is 15.1 Å². The number of pyridine rings is 1. The summed E-state index contributed by atoms with van der Waals surface area (Å²) in [6.45, 7) is 7.25. The first-order chi connectivity index (χ1) is 12.9. The van der Waals surface area contributed by atoms with Crippen molar-refractivity contribution in [2.24, 2.45) is 5.14 Å². The highest BCUT2D eigenvalue weighted by atomic mass is 32.2. The Morgan fingerprint density at radius 2 is 1.96 bits per heavy atom. The molecule has 3 N–H and O–H groups in total. The number of sulfonamides is 1. The molecule has 2 heterocycles. The van der Waals surface area contributed by atoms with Gasteiger partial charge in [-0.2, -0.15) is 0 Å².